The van der Waals surface area contributed by atoms with Crippen LogP contribution < -0.4 is 0 Å². The fourth-order valence-corrected chi connectivity index (χ4v) is 3.42. The Morgan fingerprint density at radius 3 is 2.74 bits per heavy atom. The van der Waals surface area contributed by atoms with Crippen LogP contribution >= 0.6 is 11.8 Å². The Bertz CT molecular complexity index is 501. The Morgan fingerprint density at radius 2 is 2.11 bits per heavy atom. The summed E-state index contributed by atoms with van der Waals surface area (Å²) in [6.45, 7) is 0. The molecule has 1 aromatic rings. The molecule has 0 radical (unpaired) electrons. The van der Waals surface area contributed by atoms with Gasteiger partial charge in [-0.3, -0.25) is 14.9 Å². The molecule has 1 saturated heterocycles. The van der Waals surface area contributed by atoms with Crippen LogP contribution in [0.3, 0.4) is 0 Å². The molecule has 0 aromatic heterocycles. The van der Waals surface area contributed by atoms with Gasteiger partial charge in [-0.25, -0.2) is 4.39 Å². The van der Waals surface area contributed by atoms with E-state index in [0.717, 1.165) is 42.5 Å². The summed E-state index contributed by atoms with van der Waals surface area (Å²) in [5.74, 6) is 1.35. The minimum atomic E-state index is -0.636. The predicted molar refractivity (Wildman–Crippen MR) is 72.1 cm³/mol. The van der Waals surface area contributed by atoms with Crippen LogP contribution in [0.25, 0.3) is 0 Å². The molecule has 0 aliphatic carbocycles. The number of nitrogens with zero attached hydrogens (tertiary/aromatic N) is 1. The molecular weight excluding hydrogens is 269 g/mol. The van der Waals surface area contributed by atoms with E-state index >= 15 is 0 Å². The van der Waals surface area contributed by atoms with Gasteiger partial charge in [0.15, 0.2) is 5.78 Å². The van der Waals surface area contributed by atoms with Crippen molar-refractivity contribution in [2.24, 2.45) is 5.92 Å². The molecule has 0 amide bonds. The van der Waals surface area contributed by atoms with Crippen LogP contribution in [0.15, 0.2) is 18.2 Å². The van der Waals surface area contributed by atoms with E-state index in [1.807, 2.05) is 11.8 Å². The van der Waals surface area contributed by atoms with Crippen molar-refractivity contribution in [2.45, 2.75) is 19.3 Å². The number of hydrogen-bond acceptors (Lipinski definition) is 4. The van der Waals surface area contributed by atoms with Crippen LogP contribution in [0.2, 0.25) is 0 Å². The van der Waals surface area contributed by atoms with Crippen LogP contribution in [-0.2, 0) is 0 Å². The molecule has 1 heterocycles. The van der Waals surface area contributed by atoms with E-state index in [9.17, 15) is 19.3 Å². The summed E-state index contributed by atoms with van der Waals surface area (Å²) >= 11 is 1.85. The second kappa shape index (κ2) is 6.14. The topological polar surface area (TPSA) is 60.2 Å². The van der Waals surface area contributed by atoms with Crippen molar-refractivity contribution in [1.29, 1.82) is 0 Å². The number of nitro benzene ring substituents is 1. The van der Waals surface area contributed by atoms with Gasteiger partial charge in [0.1, 0.15) is 5.82 Å². The largest absolute Gasteiger partial charge is 0.294 e. The lowest BCUT2D eigenvalue weighted by Gasteiger charge is -2.20. The SMILES string of the molecule is O=C(CC1CCSCC1)c1cc(F)ccc1[N+](=O)[O-]. The molecule has 1 aliphatic heterocycles. The minimum Gasteiger partial charge on any atom is -0.294 e. The highest BCUT2D eigenvalue weighted by Crippen LogP contribution is 2.28. The second-order valence-corrected chi connectivity index (χ2v) is 5.83. The highest BCUT2D eigenvalue weighted by molar-refractivity contribution is 7.99. The summed E-state index contributed by atoms with van der Waals surface area (Å²) in [6, 6.07) is 3.03. The van der Waals surface area contributed by atoms with Gasteiger partial charge >= 0.3 is 0 Å². The Morgan fingerprint density at radius 1 is 1.42 bits per heavy atom. The number of benzene rings is 1. The lowest BCUT2D eigenvalue weighted by molar-refractivity contribution is -0.385. The summed E-state index contributed by atoms with van der Waals surface area (Å²) in [5.41, 5.74) is -0.417. The number of Topliss-reactive ketones (excluding diaryl/α,β-unsaturated/α-hetero) is 1. The first-order valence-corrected chi connectivity index (χ1v) is 7.28. The van der Waals surface area contributed by atoms with Gasteiger partial charge in [-0.15, -0.1) is 0 Å². The van der Waals surface area contributed by atoms with Crippen LogP contribution in [0.1, 0.15) is 29.6 Å². The molecule has 0 bridgehead atoms. The molecular formula is C13H14FNO3S. The fourth-order valence-electron chi connectivity index (χ4n) is 2.21. The maximum absolute atomic E-state index is 13.2. The first-order chi connectivity index (χ1) is 9.08. The standard InChI is InChI=1S/C13H14FNO3S/c14-10-1-2-12(15(17)18)11(8-10)13(16)7-9-3-5-19-6-4-9/h1-2,8-9H,3-7H2. The van der Waals surface area contributed by atoms with Gasteiger partial charge in [-0.2, -0.15) is 11.8 Å². The lowest BCUT2D eigenvalue weighted by atomic mass is 9.93. The molecule has 0 unspecified atom stereocenters. The minimum absolute atomic E-state index is 0.108. The van der Waals surface area contributed by atoms with Gasteiger partial charge in [0.25, 0.3) is 5.69 Å². The van der Waals surface area contributed by atoms with E-state index < -0.39 is 10.7 Å². The van der Waals surface area contributed by atoms with Crippen LogP contribution in [0.4, 0.5) is 10.1 Å². The third kappa shape index (κ3) is 3.53. The first kappa shape index (κ1) is 14.0. The number of rotatable bonds is 4. The predicted octanol–water partition coefficient (Wildman–Crippen LogP) is 3.45. The molecule has 6 heteroatoms. The van der Waals surface area contributed by atoms with Gasteiger partial charge in [-0.05, 0) is 42.4 Å². The maximum Gasteiger partial charge on any atom is 0.280 e. The zero-order valence-corrected chi connectivity index (χ0v) is 11.1. The Balaban J connectivity index is 2.17. The van der Waals surface area contributed by atoms with E-state index in [-0.39, 0.29) is 29.4 Å². The molecule has 1 aliphatic rings. The molecule has 0 spiro atoms. The summed E-state index contributed by atoms with van der Waals surface area (Å²) in [6.07, 6.45) is 2.16. The highest BCUT2D eigenvalue weighted by Gasteiger charge is 2.24. The van der Waals surface area contributed by atoms with Crippen molar-refractivity contribution in [1.82, 2.24) is 0 Å². The molecule has 1 fully saturated rings. The van der Waals surface area contributed by atoms with Crippen molar-refractivity contribution in [3.63, 3.8) is 0 Å². The van der Waals surface area contributed by atoms with Crippen molar-refractivity contribution < 1.29 is 14.1 Å². The summed E-state index contributed by atoms with van der Waals surface area (Å²) in [7, 11) is 0. The molecule has 0 N–H and O–H groups in total. The normalized spacial score (nSPS) is 16.3. The fraction of sp³-hybridized carbons (Fsp3) is 0.462. The molecule has 19 heavy (non-hydrogen) atoms. The molecule has 4 nitrogen and oxygen atoms in total. The van der Waals surface area contributed by atoms with E-state index in [1.165, 1.54) is 0 Å². The van der Waals surface area contributed by atoms with E-state index in [2.05, 4.69) is 0 Å². The third-order valence-corrected chi connectivity index (χ3v) is 4.32. The molecule has 0 atom stereocenters. The Hall–Kier alpha value is -1.43. The summed E-state index contributed by atoms with van der Waals surface area (Å²) in [4.78, 5) is 22.3. The van der Waals surface area contributed by atoms with E-state index in [4.69, 9.17) is 0 Å². The average molecular weight is 283 g/mol. The summed E-state index contributed by atoms with van der Waals surface area (Å²) < 4.78 is 13.2. The number of carbonyl (C=O) groups is 1. The van der Waals surface area contributed by atoms with E-state index in [0.29, 0.717) is 0 Å². The third-order valence-electron chi connectivity index (χ3n) is 3.27. The van der Waals surface area contributed by atoms with Crippen LogP contribution in [0.5, 0.6) is 0 Å². The first-order valence-electron chi connectivity index (χ1n) is 6.13. The number of nitro groups is 1. The van der Waals surface area contributed by atoms with Gasteiger partial charge in [0.2, 0.25) is 0 Å². The van der Waals surface area contributed by atoms with Crippen molar-refractivity contribution in [3.8, 4) is 0 Å². The number of hydrogen-bond donors (Lipinski definition) is 0. The number of ketones is 1. The van der Waals surface area contributed by atoms with Crippen molar-refractivity contribution in [3.05, 3.63) is 39.7 Å². The molecule has 0 saturated carbocycles. The van der Waals surface area contributed by atoms with E-state index in [1.54, 1.807) is 0 Å². The van der Waals surface area contributed by atoms with Gasteiger partial charge in [0.05, 0.1) is 10.5 Å². The number of thioether (sulfide) groups is 1. The van der Waals surface area contributed by atoms with Gasteiger partial charge in [-0.1, -0.05) is 0 Å². The lowest BCUT2D eigenvalue weighted by Crippen LogP contribution is -2.15. The van der Waals surface area contributed by atoms with Crippen LogP contribution in [0, 0.1) is 21.8 Å². The molecule has 1 aromatic carbocycles. The summed E-state index contributed by atoms with van der Waals surface area (Å²) in [5, 5.41) is 10.9. The van der Waals surface area contributed by atoms with Gasteiger partial charge in [0, 0.05) is 12.5 Å². The average Bonchev–Trinajstić information content (AvgIpc) is 2.39. The van der Waals surface area contributed by atoms with Crippen molar-refractivity contribution in [2.75, 3.05) is 11.5 Å². The van der Waals surface area contributed by atoms with Crippen molar-refractivity contribution >= 4 is 23.2 Å². The maximum atomic E-state index is 13.2. The Labute approximate surface area is 114 Å². The Kier molecular flexibility index (Phi) is 4.52. The second-order valence-electron chi connectivity index (χ2n) is 4.60. The highest BCUT2D eigenvalue weighted by atomic mass is 32.2. The quantitative estimate of drug-likeness (QED) is 0.482. The zero-order valence-electron chi connectivity index (χ0n) is 10.3. The monoisotopic (exact) mass is 283 g/mol. The number of carbonyl (C=O) groups excluding carboxylic acids is 1. The smallest absolute Gasteiger partial charge is 0.280 e. The molecule has 2 rings (SSSR count). The zero-order chi connectivity index (χ0) is 13.8. The van der Waals surface area contributed by atoms with Gasteiger partial charge < -0.3 is 0 Å². The van der Waals surface area contributed by atoms with Crippen LogP contribution in [-0.4, -0.2) is 22.2 Å². The molecule has 102 valence electrons. The number of halogens is 1.